The van der Waals surface area contributed by atoms with Crippen LogP contribution in [0.2, 0.25) is 10.0 Å². The van der Waals surface area contributed by atoms with Crippen LogP contribution >= 0.6 is 46.9 Å². The lowest BCUT2D eigenvalue weighted by Crippen LogP contribution is -2.37. The van der Waals surface area contributed by atoms with Crippen LogP contribution in [0.4, 0.5) is 5.13 Å². The fourth-order valence-electron chi connectivity index (χ4n) is 2.83. The van der Waals surface area contributed by atoms with Crippen molar-refractivity contribution in [2.75, 3.05) is 39.2 Å². The number of hydrogen-bond acceptors (Lipinski definition) is 5. The molecule has 0 atom stereocenters. The second-order valence-electron chi connectivity index (χ2n) is 6.67. The third-order valence-corrected chi connectivity index (χ3v) is 5.76. The quantitative estimate of drug-likeness (QED) is 0.470. The number of ether oxygens (including phenoxy) is 1. The summed E-state index contributed by atoms with van der Waals surface area (Å²) in [5.41, 5.74) is 2.23. The zero-order valence-electron chi connectivity index (χ0n) is 16.5. The predicted octanol–water partition coefficient (Wildman–Crippen LogP) is 5.55. The Balaban J connectivity index is 0.00000300. The van der Waals surface area contributed by atoms with Crippen molar-refractivity contribution in [2.45, 2.75) is 6.92 Å². The van der Waals surface area contributed by atoms with Gasteiger partial charge in [-0.1, -0.05) is 34.5 Å². The molecular formula is C20H22Cl3N3O2S. The number of likely N-dealkylation sites (N-methyl/N-ethyl adjacent to an activating group) is 1. The van der Waals surface area contributed by atoms with Crippen molar-refractivity contribution in [3.8, 4) is 5.75 Å². The summed E-state index contributed by atoms with van der Waals surface area (Å²) in [5, 5.41) is 1.75. The van der Waals surface area contributed by atoms with Gasteiger partial charge in [0.1, 0.15) is 5.75 Å². The Morgan fingerprint density at radius 2 is 1.86 bits per heavy atom. The molecule has 0 aliphatic heterocycles. The van der Waals surface area contributed by atoms with E-state index in [2.05, 4.69) is 0 Å². The van der Waals surface area contributed by atoms with Crippen LogP contribution in [0.15, 0.2) is 30.3 Å². The van der Waals surface area contributed by atoms with Gasteiger partial charge in [0.2, 0.25) is 0 Å². The number of carbonyl (C=O) groups is 1. The highest BCUT2D eigenvalue weighted by Crippen LogP contribution is 2.34. The van der Waals surface area contributed by atoms with Crippen molar-refractivity contribution >= 4 is 68.2 Å². The van der Waals surface area contributed by atoms with E-state index in [4.69, 9.17) is 32.9 Å². The van der Waals surface area contributed by atoms with Crippen molar-refractivity contribution in [3.63, 3.8) is 0 Å². The molecule has 0 fully saturated rings. The third kappa shape index (κ3) is 5.32. The first-order chi connectivity index (χ1) is 13.3. The number of nitrogens with zero attached hydrogens (tertiary/aromatic N) is 3. The van der Waals surface area contributed by atoms with Gasteiger partial charge in [-0.05, 0) is 56.9 Å². The summed E-state index contributed by atoms with van der Waals surface area (Å²) in [6, 6.07) is 8.77. The van der Waals surface area contributed by atoms with E-state index >= 15 is 0 Å². The van der Waals surface area contributed by atoms with Crippen LogP contribution in [-0.2, 0) is 0 Å². The number of aryl methyl sites for hydroxylation is 1. The molecule has 0 saturated heterocycles. The molecule has 156 valence electrons. The summed E-state index contributed by atoms with van der Waals surface area (Å²) in [6.07, 6.45) is 0. The molecule has 1 aromatic heterocycles. The summed E-state index contributed by atoms with van der Waals surface area (Å²) < 4.78 is 6.32. The number of fused-ring (bicyclic) bond motifs is 1. The zero-order valence-corrected chi connectivity index (χ0v) is 19.7. The maximum absolute atomic E-state index is 13.4. The largest absolute Gasteiger partial charge is 0.496 e. The number of methoxy groups -OCH3 is 1. The van der Waals surface area contributed by atoms with Crippen LogP contribution in [0.1, 0.15) is 15.9 Å². The molecular weight excluding hydrogens is 453 g/mol. The molecule has 1 heterocycles. The Morgan fingerprint density at radius 1 is 1.14 bits per heavy atom. The van der Waals surface area contributed by atoms with Crippen molar-refractivity contribution in [1.29, 1.82) is 0 Å². The second-order valence-corrected chi connectivity index (χ2v) is 8.55. The molecule has 5 nitrogen and oxygen atoms in total. The average molecular weight is 475 g/mol. The van der Waals surface area contributed by atoms with E-state index in [1.165, 1.54) is 18.4 Å². The number of benzene rings is 2. The van der Waals surface area contributed by atoms with Crippen molar-refractivity contribution in [1.82, 2.24) is 9.88 Å². The Labute approximate surface area is 190 Å². The Bertz CT molecular complexity index is 1020. The maximum atomic E-state index is 13.4. The van der Waals surface area contributed by atoms with E-state index in [1.807, 2.05) is 38.1 Å². The average Bonchev–Trinajstić information content (AvgIpc) is 3.05. The number of thiazole rings is 1. The number of hydrogen-bond donors (Lipinski definition) is 0. The molecule has 0 bridgehead atoms. The van der Waals surface area contributed by atoms with Crippen LogP contribution < -0.4 is 9.64 Å². The number of anilines is 1. The standard InChI is InChI=1S/C20H21Cl2N3O2S.ClH/c1-12-9-14(22)11-17-18(12)23-20(28-17)25(8-7-24(2)3)19(26)15-10-13(21)5-6-16(15)27-4;/h5-6,9-11H,7-8H2,1-4H3;1H. The molecule has 0 N–H and O–H groups in total. The van der Waals surface area contributed by atoms with Gasteiger partial charge in [-0.25, -0.2) is 4.98 Å². The highest BCUT2D eigenvalue weighted by atomic mass is 35.5. The normalized spacial score (nSPS) is 10.9. The van der Waals surface area contributed by atoms with Gasteiger partial charge >= 0.3 is 0 Å². The molecule has 1 amide bonds. The van der Waals surface area contributed by atoms with Gasteiger partial charge in [0, 0.05) is 23.1 Å². The summed E-state index contributed by atoms with van der Waals surface area (Å²) in [4.78, 5) is 21.8. The third-order valence-electron chi connectivity index (χ3n) is 4.28. The lowest BCUT2D eigenvalue weighted by atomic mass is 10.1. The number of rotatable bonds is 6. The molecule has 0 aliphatic rings. The van der Waals surface area contributed by atoms with Gasteiger partial charge in [0.25, 0.3) is 5.91 Å². The first-order valence-corrected chi connectivity index (χ1v) is 10.2. The fraction of sp³-hybridized carbons (Fsp3) is 0.300. The van der Waals surface area contributed by atoms with Gasteiger partial charge < -0.3 is 9.64 Å². The SMILES string of the molecule is COc1ccc(Cl)cc1C(=O)N(CCN(C)C)c1nc2c(C)cc(Cl)cc2s1.Cl. The summed E-state index contributed by atoms with van der Waals surface area (Å²) in [5.74, 6) is 0.272. The van der Waals surface area contributed by atoms with E-state index in [0.29, 0.717) is 39.6 Å². The Morgan fingerprint density at radius 3 is 2.52 bits per heavy atom. The molecule has 0 spiro atoms. The molecule has 3 aromatic rings. The van der Waals surface area contributed by atoms with Gasteiger partial charge in [-0.2, -0.15) is 0 Å². The van der Waals surface area contributed by atoms with Gasteiger partial charge in [0.05, 0.1) is 22.9 Å². The van der Waals surface area contributed by atoms with Gasteiger partial charge in [-0.3, -0.25) is 9.69 Å². The topological polar surface area (TPSA) is 45.7 Å². The van der Waals surface area contributed by atoms with Gasteiger partial charge in [-0.15, -0.1) is 12.4 Å². The van der Waals surface area contributed by atoms with E-state index in [0.717, 1.165) is 15.8 Å². The van der Waals surface area contributed by atoms with Crippen LogP contribution in [-0.4, -0.2) is 50.1 Å². The molecule has 9 heteroatoms. The van der Waals surface area contributed by atoms with Gasteiger partial charge in [0.15, 0.2) is 5.13 Å². The minimum absolute atomic E-state index is 0. The molecule has 0 saturated carbocycles. The van der Waals surface area contributed by atoms with Crippen molar-refractivity contribution < 1.29 is 9.53 Å². The minimum atomic E-state index is -0.205. The maximum Gasteiger partial charge on any atom is 0.263 e. The monoisotopic (exact) mass is 473 g/mol. The highest BCUT2D eigenvalue weighted by molar-refractivity contribution is 7.22. The van der Waals surface area contributed by atoms with E-state index in [9.17, 15) is 4.79 Å². The molecule has 2 aromatic carbocycles. The van der Waals surface area contributed by atoms with E-state index in [-0.39, 0.29) is 18.3 Å². The summed E-state index contributed by atoms with van der Waals surface area (Å²) >= 11 is 13.8. The minimum Gasteiger partial charge on any atom is -0.496 e. The van der Waals surface area contributed by atoms with Crippen LogP contribution in [0.5, 0.6) is 5.75 Å². The van der Waals surface area contributed by atoms with E-state index < -0.39 is 0 Å². The fourth-order valence-corrected chi connectivity index (χ4v) is 4.45. The van der Waals surface area contributed by atoms with Crippen molar-refractivity contribution in [3.05, 3.63) is 51.5 Å². The first kappa shape index (κ1) is 23.7. The lowest BCUT2D eigenvalue weighted by Gasteiger charge is -2.23. The smallest absolute Gasteiger partial charge is 0.263 e. The predicted molar refractivity (Wildman–Crippen MR) is 125 cm³/mol. The highest BCUT2D eigenvalue weighted by Gasteiger charge is 2.25. The Hall–Kier alpha value is -1.57. The number of carbonyl (C=O) groups excluding carboxylic acids is 1. The molecule has 29 heavy (non-hydrogen) atoms. The second kappa shape index (κ2) is 9.96. The molecule has 0 radical (unpaired) electrons. The van der Waals surface area contributed by atoms with E-state index in [1.54, 1.807) is 23.1 Å². The van der Waals surface area contributed by atoms with Crippen LogP contribution in [0, 0.1) is 6.92 Å². The van der Waals surface area contributed by atoms with Crippen molar-refractivity contribution in [2.24, 2.45) is 0 Å². The number of amides is 1. The summed E-state index contributed by atoms with van der Waals surface area (Å²) in [7, 11) is 5.46. The molecule has 0 aliphatic carbocycles. The number of halogens is 3. The molecule has 0 unspecified atom stereocenters. The zero-order chi connectivity index (χ0) is 20.4. The van der Waals surface area contributed by atoms with Crippen LogP contribution in [0.3, 0.4) is 0 Å². The molecule has 3 rings (SSSR count). The Kier molecular flexibility index (Phi) is 8.14. The summed E-state index contributed by atoms with van der Waals surface area (Å²) in [6.45, 7) is 3.13. The van der Waals surface area contributed by atoms with Crippen LogP contribution in [0.25, 0.3) is 10.2 Å². The number of aromatic nitrogens is 1. The first-order valence-electron chi connectivity index (χ1n) is 8.67. The lowest BCUT2D eigenvalue weighted by molar-refractivity contribution is 0.0982.